The number of aromatic nitrogens is 1. The summed E-state index contributed by atoms with van der Waals surface area (Å²) in [7, 11) is 0. The lowest BCUT2D eigenvalue weighted by Gasteiger charge is -2.35. The van der Waals surface area contributed by atoms with Gasteiger partial charge in [-0.25, -0.2) is 0 Å². The van der Waals surface area contributed by atoms with Crippen LogP contribution in [0.3, 0.4) is 0 Å². The van der Waals surface area contributed by atoms with E-state index < -0.39 is 0 Å². The first kappa shape index (κ1) is 12.5. The Labute approximate surface area is 104 Å². The van der Waals surface area contributed by atoms with Crippen LogP contribution < -0.4 is 5.32 Å². The summed E-state index contributed by atoms with van der Waals surface area (Å²) in [6, 6.07) is 4.74. The van der Waals surface area contributed by atoms with Crippen LogP contribution in [-0.2, 0) is 11.3 Å². The number of ether oxygens (including phenoxy) is 1. The van der Waals surface area contributed by atoms with Crippen molar-refractivity contribution in [3.63, 3.8) is 0 Å². The maximum absolute atomic E-state index is 5.71. The molecule has 1 aliphatic heterocycles. The van der Waals surface area contributed by atoms with Gasteiger partial charge in [0.2, 0.25) is 0 Å². The lowest BCUT2D eigenvalue weighted by Crippen LogP contribution is -2.43. The van der Waals surface area contributed by atoms with Gasteiger partial charge in [-0.2, -0.15) is 0 Å². The molecule has 0 aromatic carbocycles. The molecule has 3 heteroatoms. The number of pyridine rings is 1. The average Bonchev–Trinajstić information content (AvgIpc) is 2.27. The van der Waals surface area contributed by atoms with Gasteiger partial charge in [0.1, 0.15) is 0 Å². The monoisotopic (exact) mass is 234 g/mol. The molecule has 1 aromatic heterocycles. The molecule has 0 bridgehead atoms. The highest BCUT2D eigenvalue weighted by atomic mass is 16.5. The second kappa shape index (κ2) is 5.15. The number of nitrogens with one attached hydrogen (secondary N) is 1. The molecule has 1 saturated heterocycles. The average molecular weight is 234 g/mol. The molecule has 3 nitrogen and oxygen atoms in total. The van der Waals surface area contributed by atoms with Gasteiger partial charge in [0.15, 0.2) is 0 Å². The van der Waals surface area contributed by atoms with Gasteiger partial charge in [-0.3, -0.25) is 4.98 Å². The Morgan fingerprint density at radius 3 is 2.94 bits per heavy atom. The predicted octanol–water partition coefficient (Wildman–Crippen LogP) is 2.44. The van der Waals surface area contributed by atoms with Gasteiger partial charge in [0.25, 0.3) is 0 Å². The van der Waals surface area contributed by atoms with Crippen LogP contribution in [0.5, 0.6) is 0 Å². The van der Waals surface area contributed by atoms with E-state index >= 15 is 0 Å². The summed E-state index contributed by atoms with van der Waals surface area (Å²) in [6.45, 7) is 8.08. The van der Waals surface area contributed by atoms with Crippen molar-refractivity contribution in [2.75, 3.05) is 6.61 Å². The molecule has 0 aliphatic carbocycles. The van der Waals surface area contributed by atoms with Crippen LogP contribution in [0.1, 0.15) is 37.9 Å². The highest BCUT2D eigenvalue weighted by Crippen LogP contribution is 2.23. The van der Waals surface area contributed by atoms with Crippen molar-refractivity contribution >= 4 is 0 Å². The maximum Gasteiger partial charge on any atom is 0.0641 e. The van der Waals surface area contributed by atoms with E-state index in [1.54, 1.807) is 0 Å². The minimum atomic E-state index is 0.0105. The SMILES string of the molecule is Cc1ccc(CNC2CCOC(C)(C)C2)nc1. The number of hydrogen-bond donors (Lipinski definition) is 1. The number of hydrogen-bond acceptors (Lipinski definition) is 3. The van der Waals surface area contributed by atoms with Gasteiger partial charge in [0, 0.05) is 25.4 Å². The van der Waals surface area contributed by atoms with Crippen LogP contribution in [0.4, 0.5) is 0 Å². The van der Waals surface area contributed by atoms with Gasteiger partial charge < -0.3 is 10.1 Å². The normalized spacial score (nSPS) is 23.6. The predicted molar refractivity (Wildman–Crippen MR) is 68.9 cm³/mol. The van der Waals surface area contributed by atoms with Crippen molar-refractivity contribution in [2.45, 2.75) is 51.8 Å². The Morgan fingerprint density at radius 2 is 2.29 bits per heavy atom. The molecule has 2 rings (SSSR count). The zero-order valence-electron chi connectivity index (χ0n) is 11.0. The van der Waals surface area contributed by atoms with Crippen molar-refractivity contribution in [1.82, 2.24) is 10.3 Å². The first-order valence-corrected chi connectivity index (χ1v) is 6.34. The zero-order chi connectivity index (χ0) is 12.3. The molecule has 1 fully saturated rings. The Morgan fingerprint density at radius 1 is 1.47 bits per heavy atom. The van der Waals surface area contributed by atoms with Crippen LogP contribution in [0.2, 0.25) is 0 Å². The topological polar surface area (TPSA) is 34.1 Å². The Balaban J connectivity index is 1.84. The highest BCUT2D eigenvalue weighted by molar-refractivity contribution is 5.12. The molecule has 1 N–H and O–H groups in total. The summed E-state index contributed by atoms with van der Waals surface area (Å²) in [6.07, 6.45) is 4.08. The third kappa shape index (κ3) is 3.79. The standard InChI is InChI=1S/C14H22N2O/c1-11-4-5-13(15-9-11)10-16-12-6-7-17-14(2,3)8-12/h4-5,9,12,16H,6-8,10H2,1-3H3. The fourth-order valence-corrected chi connectivity index (χ4v) is 2.26. The molecular formula is C14H22N2O. The van der Waals surface area contributed by atoms with Gasteiger partial charge in [-0.1, -0.05) is 6.07 Å². The van der Waals surface area contributed by atoms with Crippen molar-refractivity contribution < 1.29 is 4.74 Å². The second-order valence-corrected chi connectivity index (χ2v) is 5.51. The molecule has 1 unspecified atom stereocenters. The maximum atomic E-state index is 5.71. The van der Waals surface area contributed by atoms with Gasteiger partial charge >= 0.3 is 0 Å². The summed E-state index contributed by atoms with van der Waals surface area (Å²) >= 11 is 0. The smallest absolute Gasteiger partial charge is 0.0641 e. The fraction of sp³-hybridized carbons (Fsp3) is 0.643. The second-order valence-electron chi connectivity index (χ2n) is 5.51. The molecule has 1 aromatic rings. The number of nitrogens with zero attached hydrogens (tertiary/aromatic N) is 1. The van der Waals surface area contributed by atoms with Crippen molar-refractivity contribution in [2.24, 2.45) is 0 Å². The Bertz CT molecular complexity index is 359. The molecule has 0 saturated carbocycles. The van der Waals surface area contributed by atoms with Crippen LogP contribution >= 0.6 is 0 Å². The van der Waals surface area contributed by atoms with E-state index in [4.69, 9.17) is 4.74 Å². The first-order valence-electron chi connectivity index (χ1n) is 6.34. The van der Waals surface area contributed by atoms with E-state index in [0.29, 0.717) is 6.04 Å². The van der Waals surface area contributed by atoms with E-state index in [0.717, 1.165) is 31.7 Å². The number of rotatable bonds is 3. The van der Waals surface area contributed by atoms with Crippen molar-refractivity contribution in [3.05, 3.63) is 29.6 Å². The number of aryl methyl sites for hydroxylation is 1. The van der Waals surface area contributed by atoms with Gasteiger partial charge in [-0.15, -0.1) is 0 Å². The Hall–Kier alpha value is -0.930. The first-order chi connectivity index (χ1) is 8.05. The summed E-state index contributed by atoms with van der Waals surface area (Å²) < 4.78 is 5.71. The summed E-state index contributed by atoms with van der Waals surface area (Å²) in [4.78, 5) is 4.41. The summed E-state index contributed by atoms with van der Waals surface area (Å²) in [5.74, 6) is 0. The van der Waals surface area contributed by atoms with Crippen LogP contribution in [0.15, 0.2) is 18.3 Å². The quantitative estimate of drug-likeness (QED) is 0.872. The molecule has 94 valence electrons. The molecule has 1 aliphatic rings. The van der Waals surface area contributed by atoms with Crippen molar-refractivity contribution in [1.29, 1.82) is 0 Å². The molecule has 0 radical (unpaired) electrons. The molecular weight excluding hydrogens is 212 g/mol. The largest absolute Gasteiger partial charge is 0.375 e. The molecule has 1 atom stereocenters. The molecule has 0 amide bonds. The van der Waals surface area contributed by atoms with Crippen LogP contribution in [0.25, 0.3) is 0 Å². The minimum absolute atomic E-state index is 0.0105. The lowest BCUT2D eigenvalue weighted by atomic mass is 9.94. The van der Waals surface area contributed by atoms with E-state index in [1.807, 2.05) is 6.20 Å². The Kier molecular flexibility index (Phi) is 3.79. The molecule has 17 heavy (non-hydrogen) atoms. The molecule has 2 heterocycles. The third-order valence-electron chi connectivity index (χ3n) is 3.24. The van der Waals surface area contributed by atoms with Gasteiger partial charge in [-0.05, 0) is 45.2 Å². The third-order valence-corrected chi connectivity index (χ3v) is 3.24. The van der Waals surface area contributed by atoms with Crippen molar-refractivity contribution in [3.8, 4) is 0 Å². The summed E-state index contributed by atoms with van der Waals surface area (Å²) in [5, 5.41) is 3.57. The zero-order valence-corrected chi connectivity index (χ0v) is 11.0. The molecule has 0 spiro atoms. The van der Waals surface area contributed by atoms with E-state index in [1.165, 1.54) is 5.56 Å². The van der Waals surface area contributed by atoms with E-state index in [2.05, 4.69) is 43.2 Å². The van der Waals surface area contributed by atoms with E-state index in [9.17, 15) is 0 Å². The van der Waals surface area contributed by atoms with Crippen LogP contribution in [-0.4, -0.2) is 23.2 Å². The highest BCUT2D eigenvalue weighted by Gasteiger charge is 2.28. The van der Waals surface area contributed by atoms with Crippen LogP contribution in [0, 0.1) is 6.92 Å². The lowest BCUT2D eigenvalue weighted by molar-refractivity contribution is -0.0631. The fourth-order valence-electron chi connectivity index (χ4n) is 2.26. The summed E-state index contributed by atoms with van der Waals surface area (Å²) in [5.41, 5.74) is 2.33. The minimum Gasteiger partial charge on any atom is -0.375 e. The van der Waals surface area contributed by atoms with E-state index in [-0.39, 0.29) is 5.60 Å². The van der Waals surface area contributed by atoms with Gasteiger partial charge in [0.05, 0.1) is 11.3 Å².